The Bertz CT molecular complexity index is 659. The Hall–Kier alpha value is -1.80. The van der Waals surface area contributed by atoms with Gasteiger partial charge in [-0.05, 0) is 24.0 Å². The molecule has 0 aliphatic carbocycles. The van der Waals surface area contributed by atoms with Crippen molar-refractivity contribution < 1.29 is 9.18 Å². The largest absolute Gasteiger partial charge is 0.339 e. The number of alkyl halides is 1. The molecule has 124 valence electrons. The van der Waals surface area contributed by atoms with Crippen LogP contribution in [0.4, 0.5) is 4.39 Å². The zero-order chi connectivity index (χ0) is 16.4. The highest BCUT2D eigenvalue weighted by Crippen LogP contribution is 2.23. The number of likely N-dealkylation sites (tertiary alicyclic amines) is 1. The van der Waals surface area contributed by atoms with Crippen LogP contribution >= 0.6 is 11.5 Å². The Morgan fingerprint density at radius 1 is 1.57 bits per heavy atom. The lowest BCUT2D eigenvalue weighted by Gasteiger charge is -2.27. The van der Waals surface area contributed by atoms with Crippen LogP contribution in [0.3, 0.4) is 0 Å². The smallest absolute Gasteiger partial charge is 0.273 e. The molecule has 0 radical (unpaired) electrons. The summed E-state index contributed by atoms with van der Waals surface area (Å²) in [5.41, 5.74) is 1.51. The quantitative estimate of drug-likeness (QED) is 0.831. The number of likely N-dealkylation sites (N-methyl/N-ethyl adjacent to an activating group) is 1. The zero-order valence-electron chi connectivity index (χ0n) is 13.2. The standard InChI is InChI=1S/C15H20FN5OS/c1-19(15(22)14-3-4-23-18-14)10-13-5-12(16)9-21(13)8-11-6-17-20(2)7-11/h3-4,6-7,12-13H,5,8-10H2,1-2H3/t12-,13-/m0/s1. The van der Waals surface area contributed by atoms with Crippen molar-refractivity contribution in [2.24, 2.45) is 7.05 Å². The van der Waals surface area contributed by atoms with Crippen LogP contribution in [-0.2, 0) is 13.6 Å². The molecule has 1 fully saturated rings. The lowest BCUT2D eigenvalue weighted by molar-refractivity contribution is 0.0745. The van der Waals surface area contributed by atoms with Gasteiger partial charge in [0.05, 0.1) is 6.20 Å². The number of hydrogen-bond donors (Lipinski definition) is 0. The first kappa shape index (κ1) is 16.1. The van der Waals surface area contributed by atoms with Crippen LogP contribution in [-0.4, -0.2) is 62.2 Å². The second-order valence-electron chi connectivity index (χ2n) is 6.01. The van der Waals surface area contributed by atoms with Crippen LogP contribution in [0.2, 0.25) is 0 Å². The van der Waals surface area contributed by atoms with E-state index in [1.807, 2.05) is 13.2 Å². The lowest BCUT2D eigenvalue weighted by atomic mass is 10.2. The number of nitrogens with zero attached hydrogens (tertiary/aromatic N) is 5. The molecule has 1 aliphatic rings. The Kier molecular flexibility index (Phi) is 4.72. The molecule has 0 bridgehead atoms. The maximum absolute atomic E-state index is 13.9. The van der Waals surface area contributed by atoms with E-state index in [0.717, 1.165) is 5.56 Å². The summed E-state index contributed by atoms with van der Waals surface area (Å²) in [5.74, 6) is -0.116. The van der Waals surface area contributed by atoms with E-state index >= 15 is 0 Å². The summed E-state index contributed by atoms with van der Waals surface area (Å²) in [6.07, 6.45) is 3.34. The van der Waals surface area contributed by atoms with Gasteiger partial charge in [-0.25, -0.2) is 4.39 Å². The summed E-state index contributed by atoms with van der Waals surface area (Å²) >= 11 is 1.26. The fraction of sp³-hybridized carbons (Fsp3) is 0.533. The number of hydrogen-bond acceptors (Lipinski definition) is 5. The Labute approximate surface area is 138 Å². The fourth-order valence-electron chi connectivity index (χ4n) is 3.01. The predicted molar refractivity (Wildman–Crippen MR) is 86.0 cm³/mol. The van der Waals surface area contributed by atoms with Crippen LogP contribution in [0.15, 0.2) is 23.8 Å². The number of aryl methyl sites for hydroxylation is 1. The minimum absolute atomic E-state index is 0.0118. The summed E-state index contributed by atoms with van der Waals surface area (Å²) in [6, 6.07) is 1.72. The number of aromatic nitrogens is 3. The Morgan fingerprint density at radius 3 is 3.04 bits per heavy atom. The van der Waals surface area contributed by atoms with Gasteiger partial charge in [-0.15, -0.1) is 0 Å². The minimum Gasteiger partial charge on any atom is -0.339 e. The molecule has 23 heavy (non-hydrogen) atoms. The summed E-state index contributed by atoms with van der Waals surface area (Å²) < 4.78 is 19.7. The first-order chi connectivity index (χ1) is 11.0. The molecular weight excluding hydrogens is 317 g/mol. The van der Waals surface area contributed by atoms with Gasteiger partial charge in [0.1, 0.15) is 11.9 Å². The topological polar surface area (TPSA) is 54.3 Å². The lowest BCUT2D eigenvalue weighted by Crippen LogP contribution is -2.41. The summed E-state index contributed by atoms with van der Waals surface area (Å²) in [5, 5.41) is 5.93. The van der Waals surface area contributed by atoms with Crippen molar-refractivity contribution >= 4 is 17.4 Å². The molecule has 2 atom stereocenters. The van der Waals surface area contributed by atoms with Gasteiger partial charge < -0.3 is 4.90 Å². The van der Waals surface area contributed by atoms with Crippen LogP contribution < -0.4 is 0 Å². The fourth-order valence-corrected chi connectivity index (χ4v) is 3.51. The number of carbonyl (C=O) groups is 1. The third-order valence-corrected chi connectivity index (χ3v) is 4.67. The van der Waals surface area contributed by atoms with Gasteiger partial charge in [0, 0.05) is 56.9 Å². The molecule has 1 aliphatic heterocycles. The number of amides is 1. The normalized spacial score (nSPS) is 21.7. The molecule has 2 aromatic heterocycles. The molecule has 0 spiro atoms. The summed E-state index contributed by atoms with van der Waals surface area (Å²) in [7, 11) is 3.61. The van der Waals surface area contributed by atoms with Gasteiger partial charge in [-0.1, -0.05) is 0 Å². The van der Waals surface area contributed by atoms with E-state index in [2.05, 4.69) is 14.4 Å². The van der Waals surface area contributed by atoms with Gasteiger partial charge in [-0.3, -0.25) is 14.4 Å². The molecule has 1 amide bonds. The summed E-state index contributed by atoms with van der Waals surface area (Å²) in [6.45, 7) is 1.55. The molecule has 0 saturated carbocycles. The van der Waals surface area contributed by atoms with E-state index in [0.29, 0.717) is 31.7 Å². The number of rotatable bonds is 5. The molecular formula is C15H20FN5OS. The second-order valence-corrected chi connectivity index (χ2v) is 6.67. The molecule has 3 rings (SSSR count). The summed E-state index contributed by atoms with van der Waals surface area (Å²) in [4.78, 5) is 16.0. The third-order valence-electron chi connectivity index (χ3n) is 4.11. The maximum atomic E-state index is 13.9. The molecule has 0 unspecified atom stereocenters. The molecule has 3 heterocycles. The monoisotopic (exact) mass is 337 g/mol. The van der Waals surface area contributed by atoms with E-state index in [9.17, 15) is 9.18 Å². The van der Waals surface area contributed by atoms with Crippen molar-refractivity contribution in [2.45, 2.75) is 25.2 Å². The van der Waals surface area contributed by atoms with E-state index in [-0.39, 0.29) is 11.9 Å². The molecule has 8 heteroatoms. The average molecular weight is 337 g/mol. The zero-order valence-corrected chi connectivity index (χ0v) is 14.0. The van der Waals surface area contributed by atoms with E-state index in [1.54, 1.807) is 34.3 Å². The highest BCUT2D eigenvalue weighted by atomic mass is 32.1. The molecule has 6 nitrogen and oxygen atoms in total. The first-order valence-corrected chi connectivity index (χ1v) is 8.38. The third kappa shape index (κ3) is 3.76. The van der Waals surface area contributed by atoms with Crippen LogP contribution in [0.25, 0.3) is 0 Å². The van der Waals surface area contributed by atoms with Crippen molar-refractivity contribution in [1.29, 1.82) is 0 Å². The SMILES string of the molecule is CN(C[C@@H]1C[C@H](F)CN1Cc1cnn(C)c1)C(=O)c1ccsn1. The highest BCUT2D eigenvalue weighted by molar-refractivity contribution is 7.03. The van der Waals surface area contributed by atoms with Gasteiger partial charge in [0.15, 0.2) is 0 Å². The van der Waals surface area contributed by atoms with Crippen molar-refractivity contribution in [3.05, 3.63) is 35.1 Å². The Balaban J connectivity index is 1.63. The van der Waals surface area contributed by atoms with E-state index in [4.69, 9.17) is 0 Å². The van der Waals surface area contributed by atoms with Crippen molar-refractivity contribution in [1.82, 2.24) is 24.0 Å². The van der Waals surface area contributed by atoms with Crippen molar-refractivity contribution in [3.8, 4) is 0 Å². The van der Waals surface area contributed by atoms with Gasteiger partial charge in [0.25, 0.3) is 5.91 Å². The van der Waals surface area contributed by atoms with Crippen LogP contribution in [0.1, 0.15) is 22.5 Å². The van der Waals surface area contributed by atoms with Crippen molar-refractivity contribution in [2.75, 3.05) is 20.1 Å². The van der Waals surface area contributed by atoms with Crippen molar-refractivity contribution in [3.63, 3.8) is 0 Å². The maximum Gasteiger partial charge on any atom is 0.273 e. The van der Waals surface area contributed by atoms with Gasteiger partial charge in [-0.2, -0.15) is 9.47 Å². The van der Waals surface area contributed by atoms with E-state index in [1.165, 1.54) is 11.5 Å². The molecule has 0 N–H and O–H groups in total. The number of carbonyl (C=O) groups excluding carboxylic acids is 1. The minimum atomic E-state index is -0.848. The van der Waals surface area contributed by atoms with E-state index < -0.39 is 6.17 Å². The van der Waals surface area contributed by atoms with Gasteiger partial charge in [0.2, 0.25) is 0 Å². The van der Waals surface area contributed by atoms with Crippen LogP contribution in [0, 0.1) is 0 Å². The first-order valence-electron chi connectivity index (χ1n) is 7.54. The molecule has 2 aromatic rings. The van der Waals surface area contributed by atoms with Gasteiger partial charge >= 0.3 is 0 Å². The molecule has 1 saturated heterocycles. The molecule has 0 aromatic carbocycles. The average Bonchev–Trinajstić information content (AvgIpc) is 3.22. The highest BCUT2D eigenvalue weighted by Gasteiger charge is 2.33. The number of halogens is 1. The Morgan fingerprint density at radius 2 is 2.39 bits per heavy atom. The predicted octanol–water partition coefficient (Wildman–Crippen LogP) is 1.56. The van der Waals surface area contributed by atoms with Crippen LogP contribution in [0.5, 0.6) is 0 Å². The second kappa shape index (κ2) is 6.76.